The number of aromatic nitrogens is 2. The Bertz CT molecular complexity index is 1180. The van der Waals surface area contributed by atoms with Gasteiger partial charge in [-0.2, -0.15) is 0 Å². The van der Waals surface area contributed by atoms with Crippen LogP contribution in [0.3, 0.4) is 0 Å². The Morgan fingerprint density at radius 2 is 2.07 bits per heavy atom. The summed E-state index contributed by atoms with van der Waals surface area (Å²) >= 11 is 0.986. The highest BCUT2D eigenvalue weighted by Crippen LogP contribution is 2.28. The van der Waals surface area contributed by atoms with E-state index in [2.05, 4.69) is 10.1 Å². The first-order chi connectivity index (χ1) is 13.5. The van der Waals surface area contributed by atoms with Crippen LogP contribution >= 0.6 is 11.3 Å². The number of fused-ring (bicyclic) bond motifs is 1. The quantitative estimate of drug-likeness (QED) is 0.277. The lowest BCUT2D eigenvalue weighted by Gasteiger charge is -2.07. The van der Waals surface area contributed by atoms with Crippen molar-refractivity contribution in [3.63, 3.8) is 0 Å². The fourth-order valence-electron chi connectivity index (χ4n) is 2.77. The average molecular weight is 395 g/mol. The third kappa shape index (κ3) is 3.35. The van der Waals surface area contributed by atoms with E-state index in [-0.39, 0.29) is 22.9 Å². The van der Waals surface area contributed by atoms with E-state index in [1.165, 1.54) is 6.07 Å². The number of carbonyl (C=O) groups excluding carboxylic acids is 1. The number of aryl methyl sites for hydroxylation is 1. The molecule has 9 heteroatoms. The number of nitro groups is 1. The zero-order valence-corrected chi connectivity index (χ0v) is 15.4. The Balaban J connectivity index is 1.66. The van der Waals surface area contributed by atoms with Crippen LogP contribution in [-0.4, -0.2) is 21.0 Å². The molecule has 0 atom stereocenters. The number of carbonyl (C=O) groups is 1. The standard InChI is InChI=1S/C19H13N3O5S/c1-11-17-14(19(23)26-9-12-7-16(22(24)25)28-10-12)8-15(20-18(17)27-21-11)13-5-3-2-4-6-13/h2-8,10H,9H2,1H3. The number of rotatable bonds is 5. The summed E-state index contributed by atoms with van der Waals surface area (Å²) in [5, 5.41) is 16.8. The number of nitrogens with zero attached hydrogens (tertiary/aromatic N) is 3. The van der Waals surface area contributed by atoms with E-state index in [9.17, 15) is 14.9 Å². The molecule has 0 aliphatic carbocycles. The van der Waals surface area contributed by atoms with Gasteiger partial charge in [0.15, 0.2) is 0 Å². The monoisotopic (exact) mass is 395 g/mol. The van der Waals surface area contributed by atoms with Gasteiger partial charge in [0.1, 0.15) is 6.61 Å². The summed E-state index contributed by atoms with van der Waals surface area (Å²) < 4.78 is 10.6. The molecule has 0 unspecified atom stereocenters. The van der Waals surface area contributed by atoms with Gasteiger partial charge in [-0.05, 0) is 13.0 Å². The molecule has 28 heavy (non-hydrogen) atoms. The molecule has 3 heterocycles. The number of benzene rings is 1. The SMILES string of the molecule is Cc1noc2nc(-c3ccccc3)cc(C(=O)OCc3csc([N+](=O)[O-])c3)c12. The van der Waals surface area contributed by atoms with Crippen molar-refractivity contribution in [1.82, 2.24) is 10.1 Å². The Morgan fingerprint density at radius 3 is 2.79 bits per heavy atom. The van der Waals surface area contributed by atoms with Crippen LogP contribution in [0.4, 0.5) is 5.00 Å². The molecule has 3 aromatic heterocycles. The number of ether oxygens (including phenoxy) is 1. The van der Waals surface area contributed by atoms with Gasteiger partial charge < -0.3 is 9.26 Å². The van der Waals surface area contributed by atoms with E-state index in [4.69, 9.17) is 9.26 Å². The molecular formula is C19H13N3O5S. The van der Waals surface area contributed by atoms with Gasteiger partial charge in [0.05, 0.1) is 27.3 Å². The van der Waals surface area contributed by atoms with Crippen LogP contribution in [-0.2, 0) is 11.3 Å². The van der Waals surface area contributed by atoms with Gasteiger partial charge in [0.25, 0.3) is 5.71 Å². The highest BCUT2D eigenvalue weighted by Gasteiger charge is 2.21. The minimum atomic E-state index is -0.579. The van der Waals surface area contributed by atoms with Crippen molar-refractivity contribution in [3.05, 3.63) is 74.8 Å². The normalized spacial score (nSPS) is 10.9. The summed E-state index contributed by atoms with van der Waals surface area (Å²) in [6.45, 7) is 1.65. The lowest BCUT2D eigenvalue weighted by Crippen LogP contribution is -2.07. The molecule has 0 spiro atoms. The minimum Gasteiger partial charge on any atom is -0.457 e. The molecule has 0 saturated heterocycles. The highest BCUT2D eigenvalue weighted by molar-refractivity contribution is 7.13. The molecule has 4 rings (SSSR count). The van der Waals surface area contributed by atoms with Gasteiger partial charge in [-0.3, -0.25) is 10.1 Å². The largest absolute Gasteiger partial charge is 0.457 e. The topological polar surface area (TPSA) is 108 Å². The minimum absolute atomic E-state index is 0.00130. The van der Waals surface area contributed by atoms with Crippen LogP contribution < -0.4 is 0 Å². The number of pyridine rings is 1. The third-order valence-electron chi connectivity index (χ3n) is 4.10. The Morgan fingerprint density at radius 1 is 1.29 bits per heavy atom. The molecule has 0 fully saturated rings. The van der Waals surface area contributed by atoms with Crippen molar-refractivity contribution in [2.75, 3.05) is 0 Å². The molecule has 0 saturated carbocycles. The second kappa shape index (κ2) is 7.20. The fraction of sp³-hybridized carbons (Fsp3) is 0.105. The molecule has 4 aromatic rings. The average Bonchev–Trinajstić information content (AvgIpc) is 3.33. The molecule has 0 radical (unpaired) electrons. The number of thiophene rings is 1. The number of hydrogen-bond donors (Lipinski definition) is 0. The Kier molecular flexibility index (Phi) is 4.58. The van der Waals surface area contributed by atoms with Crippen LogP contribution in [0.25, 0.3) is 22.4 Å². The predicted molar refractivity (Wildman–Crippen MR) is 102 cm³/mol. The predicted octanol–water partition coefficient (Wildman–Crippen LogP) is 4.52. The molecular weight excluding hydrogens is 382 g/mol. The number of hydrogen-bond acceptors (Lipinski definition) is 8. The maximum atomic E-state index is 12.8. The highest BCUT2D eigenvalue weighted by atomic mass is 32.1. The van der Waals surface area contributed by atoms with Gasteiger partial charge in [-0.25, -0.2) is 9.78 Å². The van der Waals surface area contributed by atoms with E-state index in [1.807, 2.05) is 30.3 Å². The van der Waals surface area contributed by atoms with Gasteiger partial charge in [-0.1, -0.05) is 46.8 Å². The zero-order chi connectivity index (χ0) is 19.7. The summed E-state index contributed by atoms with van der Waals surface area (Å²) in [6.07, 6.45) is 0. The van der Waals surface area contributed by atoms with Crippen molar-refractivity contribution in [2.45, 2.75) is 13.5 Å². The van der Waals surface area contributed by atoms with Gasteiger partial charge >= 0.3 is 11.0 Å². The van der Waals surface area contributed by atoms with E-state index in [1.54, 1.807) is 18.4 Å². The molecule has 140 valence electrons. The summed E-state index contributed by atoms with van der Waals surface area (Å²) in [5.41, 5.74) is 2.99. The van der Waals surface area contributed by atoms with Crippen molar-refractivity contribution in [2.24, 2.45) is 0 Å². The van der Waals surface area contributed by atoms with Crippen LogP contribution in [0.15, 0.2) is 52.4 Å². The van der Waals surface area contributed by atoms with Gasteiger partial charge in [0.2, 0.25) is 0 Å². The zero-order valence-electron chi connectivity index (χ0n) is 14.6. The lowest BCUT2D eigenvalue weighted by atomic mass is 10.1. The second-order valence-electron chi connectivity index (χ2n) is 6.00. The van der Waals surface area contributed by atoms with Gasteiger partial charge in [0, 0.05) is 22.6 Å². The Labute approximate surface area is 162 Å². The number of esters is 1. The van der Waals surface area contributed by atoms with E-state index in [0.717, 1.165) is 16.9 Å². The first kappa shape index (κ1) is 17.8. The van der Waals surface area contributed by atoms with E-state index in [0.29, 0.717) is 22.3 Å². The van der Waals surface area contributed by atoms with E-state index < -0.39 is 10.9 Å². The molecule has 0 aliphatic rings. The molecule has 0 aliphatic heterocycles. The van der Waals surface area contributed by atoms with Crippen molar-refractivity contribution >= 4 is 33.4 Å². The molecule has 8 nitrogen and oxygen atoms in total. The first-order valence-electron chi connectivity index (χ1n) is 8.24. The molecule has 1 aromatic carbocycles. The van der Waals surface area contributed by atoms with Crippen LogP contribution in [0.5, 0.6) is 0 Å². The van der Waals surface area contributed by atoms with Crippen LogP contribution in [0.2, 0.25) is 0 Å². The summed E-state index contributed by atoms with van der Waals surface area (Å²) in [7, 11) is 0. The molecule has 0 bridgehead atoms. The lowest BCUT2D eigenvalue weighted by molar-refractivity contribution is -0.380. The van der Waals surface area contributed by atoms with Crippen molar-refractivity contribution < 1.29 is 19.0 Å². The fourth-order valence-corrected chi connectivity index (χ4v) is 3.49. The summed E-state index contributed by atoms with van der Waals surface area (Å²) in [5.74, 6) is -0.579. The molecule has 0 amide bonds. The third-order valence-corrected chi connectivity index (χ3v) is 5.03. The maximum absolute atomic E-state index is 12.8. The maximum Gasteiger partial charge on any atom is 0.339 e. The van der Waals surface area contributed by atoms with Gasteiger partial charge in [-0.15, -0.1) is 0 Å². The second-order valence-corrected chi connectivity index (χ2v) is 6.89. The Hall–Kier alpha value is -3.59. The van der Waals surface area contributed by atoms with Crippen LogP contribution in [0, 0.1) is 17.0 Å². The smallest absolute Gasteiger partial charge is 0.339 e. The van der Waals surface area contributed by atoms with Crippen molar-refractivity contribution in [3.8, 4) is 11.3 Å². The summed E-state index contributed by atoms with van der Waals surface area (Å²) in [6, 6.07) is 12.4. The van der Waals surface area contributed by atoms with Crippen molar-refractivity contribution in [1.29, 1.82) is 0 Å². The van der Waals surface area contributed by atoms with E-state index >= 15 is 0 Å². The first-order valence-corrected chi connectivity index (χ1v) is 9.12. The van der Waals surface area contributed by atoms with Crippen LogP contribution in [0.1, 0.15) is 21.6 Å². The summed E-state index contributed by atoms with van der Waals surface area (Å²) in [4.78, 5) is 27.5. The molecule has 0 N–H and O–H groups in total.